The minimum absolute atomic E-state index is 0.890. The van der Waals surface area contributed by atoms with Gasteiger partial charge in [-0.25, -0.2) is 4.79 Å². The van der Waals surface area contributed by atoms with Gasteiger partial charge in [-0.3, -0.25) is 0 Å². The molecule has 116 valence electrons. The summed E-state index contributed by atoms with van der Waals surface area (Å²) in [7, 11) is 1.68. The Bertz CT molecular complexity index is 489. The van der Waals surface area contributed by atoms with Gasteiger partial charge in [-0.1, -0.05) is 39.2 Å². The SMILES string of the molecule is CCCCCCc1c(C=CC(=O)O)ccc(OC)c1CC. The first-order valence-electron chi connectivity index (χ1n) is 7.73. The summed E-state index contributed by atoms with van der Waals surface area (Å²) in [6.45, 7) is 4.31. The molecule has 0 unspecified atom stereocenters. The Kier molecular flexibility index (Phi) is 7.59. The first-order valence-corrected chi connectivity index (χ1v) is 7.73. The predicted octanol–water partition coefficient (Wildman–Crippen LogP) is 4.48. The standard InChI is InChI=1S/C18H26O3/c1-4-6-7-8-9-16-14(11-13-18(19)20)10-12-17(21-3)15(16)5-2/h10-13H,4-9H2,1-3H3,(H,19,20). The van der Waals surface area contributed by atoms with Crippen molar-refractivity contribution in [1.29, 1.82) is 0 Å². The molecule has 0 aliphatic heterocycles. The highest BCUT2D eigenvalue weighted by Gasteiger charge is 2.11. The zero-order valence-electron chi connectivity index (χ0n) is 13.3. The fraction of sp³-hybridized carbons (Fsp3) is 0.500. The van der Waals surface area contributed by atoms with Crippen molar-refractivity contribution in [1.82, 2.24) is 0 Å². The lowest BCUT2D eigenvalue weighted by Gasteiger charge is -2.15. The number of carbonyl (C=O) groups is 1. The van der Waals surface area contributed by atoms with Crippen LogP contribution in [-0.2, 0) is 17.6 Å². The molecule has 0 radical (unpaired) electrons. The van der Waals surface area contributed by atoms with Crippen LogP contribution in [0.3, 0.4) is 0 Å². The van der Waals surface area contributed by atoms with E-state index >= 15 is 0 Å². The molecule has 1 rings (SSSR count). The summed E-state index contributed by atoms with van der Waals surface area (Å²) >= 11 is 0. The van der Waals surface area contributed by atoms with E-state index in [9.17, 15) is 4.79 Å². The summed E-state index contributed by atoms with van der Waals surface area (Å²) < 4.78 is 5.44. The molecular weight excluding hydrogens is 264 g/mol. The number of hydrogen-bond acceptors (Lipinski definition) is 2. The average molecular weight is 290 g/mol. The third kappa shape index (κ3) is 5.25. The van der Waals surface area contributed by atoms with Gasteiger partial charge in [-0.15, -0.1) is 0 Å². The molecule has 0 heterocycles. The van der Waals surface area contributed by atoms with Gasteiger partial charge < -0.3 is 9.84 Å². The molecule has 0 saturated heterocycles. The summed E-state index contributed by atoms with van der Waals surface area (Å²) in [5.74, 6) is -0.0173. The summed E-state index contributed by atoms with van der Waals surface area (Å²) in [5.41, 5.74) is 3.42. The van der Waals surface area contributed by atoms with Crippen molar-refractivity contribution in [2.75, 3.05) is 7.11 Å². The van der Waals surface area contributed by atoms with Gasteiger partial charge in [0.1, 0.15) is 5.75 Å². The third-order valence-electron chi connectivity index (χ3n) is 3.68. The van der Waals surface area contributed by atoms with Crippen molar-refractivity contribution in [3.63, 3.8) is 0 Å². The number of carboxylic acids is 1. The molecule has 0 bridgehead atoms. The van der Waals surface area contributed by atoms with Gasteiger partial charge in [0.05, 0.1) is 7.11 Å². The number of carboxylic acid groups (broad SMARTS) is 1. The summed E-state index contributed by atoms with van der Waals surface area (Å²) in [6, 6.07) is 3.88. The van der Waals surface area contributed by atoms with E-state index in [-0.39, 0.29) is 0 Å². The summed E-state index contributed by atoms with van der Waals surface area (Å²) in [6.07, 6.45) is 9.55. The van der Waals surface area contributed by atoms with E-state index in [2.05, 4.69) is 13.8 Å². The second-order valence-corrected chi connectivity index (χ2v) is 5.15. The number of rotatable bonds is 9. The maximum Gasteiger partial charge on any atom is 0.328 e. The van der Waals surface area contributed by atoms with Crippen molar-refractivity contribution in [3.8, 4) is 5.75 Å². The number of ether oxygens (including phenoxy) is 1. The van der Waals surface area contributed by atoms with Crippen molar-refractivity contribution >= 4 is 12.0 Å². The molecule has 0 fully saturated rings. The largest absolute Gasteiger partial charge is 0.496 e. The van der Waals surface area contributed by atoms with E-state index < -0.39 is 5.97 Å². The number of benzene rings is 1. The minimum atomic E-state index is -0.916. The molecule has 0 aromatic heterocycles. The van der Waals surface area contributed by atoms with Gasteiger partial charge in [0.15, 0.2) is 0 Å². The molecule has 3 nitrogen and oxygen atoms in total. The van der Waals surface area contributed by atoms with Crippen LogP contribution in [0.15, 0.2) is 18.2 Å². The molecule has 0 amide bonds. The molecule has 1 aromatic rings. The zero-order valence-corrected chi connectivity index (χ0v) is 13.3. The number of hydrogen-bond donors (Lipinski definition) is 1. The highest BCUT2D eigenvalue weighted by molar-refractivity contribution is 5.85. The van der Waals surface area contributed by atoms with Gasteiger partial charge in [0.2, 0.25) is 0 Å². The highest BCUT2D eigenvalue weighted by atomic mass is 16.5. The second kappa shape index (κ2) is 9.22. The molecule has 0 spiro atoms. The minimum Gasteiger partial charge on any atom is -0.496 e. The Morgan fingerprint density at radius 2 is 1.95 bits per heavy atom. The Labute approximate surface area is 127 Å². The van der Waals surface area contributed by atoms with E-state index in [0.717, 1.165) is 30.6 Å². The average Bonchev–Trinajstić information content (AvgIpc) is 2.49. The Morgan fingerprint density at radius 1 is 1.19 bits per heavy atom. The summed E-state index contributed by atoms with van der Waals surface area (Å²) in [4.78, 5) is 10.7. The van der Waals surface area contributed by atoms with E-state index in [1.807, 2.05) is 12.1 Å². The van der Waals surface area contributed by atoms with E-state index in [0.29, 0.717) is 0 Å². The van der Waals surface area contributed by atoms with Gasteiger partial charge >= 0.3 is 5.97 Å². The van der Waals surface area contributed by atoms with Gasteiger partial charge in [0, 0.05) is 6.08 Å². The number of unbranched alkanes of at least 4 members (excludes halogenated alkanes) is 3. The molecule has 3 heteroatoms. The Hall–Kier alpha value is -1.77. The lowest BCUT2D eigenvalue weighted by molar-refractivity contribution is -0.131. The van der Waals surface area contributed by atoms with Crippen LogP contribution >= 0.6 is 0 Å². The molecule has 21 heavy (non-hydrogen) atoms. The van der Waals surface area contributed by atoms with Crippen LogP contribution in [0.5, 0.6) is 5.75 Å². The quantitative estimate of drug-likeness (QED) is 0.539. The lowest BCUT2D eigenvalue weighted by Crippen LogP contribution is -2.01. The van der Waals surface area contributed by atoms with Crippen LogP contribution in [0.4, 0.5) is 0 Å². The molecule has 0 aliphatic carbocycles. The maximum absolute atomic E-state index is 10.7. The van der Waals surface area contributed by atoms with E-state index in [1.54, 1.807) is 13.2 Å². The molecular formula is C18H26O3. The predicted molar refractivity (Wildman–Crippen MR) is 86.9 cm³/mol. The van der Waals surface area contributed by atoms with Crippen LogP contribution in [0.1, 0.15) is 56.2 Å². The van der Waals surface area contributed by atoms with Crippen molar-refractivity contribution in [3.05, 3.63) is 34.9 Å². The van der Waals surface area contributed by atoms with Crippen molar-refractivity contribution in [2.45, 2.75) is 52.4 Å². The molecule has 0 atom stereocenters. The number of methoxy groups -OCH3 is 1. The topological polar surface area (TPSA) is 46.5 Å². The molecule has 0 saturated carbocycles. The maximum atomic E-state index is 10.7. The molecule has 1 N–H and O–H groups in total. The number of aliphatic carboxylic acids is 1. The van der Waals surface area contributed by atoms with Crippen LogP contribution in [0, 0.1) is 0 Å². The second-order valence-electron chi connectivity index (χ2n) is 5.15. The third-order valence-corrected chi connectivity index (χ3v) is 3.68. The van der Waals surface area contributed by atoms with E-state index in [1.165, 1.54) is 36.5 Å². The summed E-state index contributed by atoms with van der Waals surface area (Å²) in [5, 5.41) is 8.83. The molecule has 1 aromatic carbocycles. The first-order chi connectivity index (χ1) is 10.1. The molecule has 0 aliphatic rings. The first kappa shape index (κ1) is 17.3. The van der Waals surface area contributed by atoms with Crippen LogP contribution in [0.2, 0.25) is 0 Å². The van der Waals surface area contributed by atoms with Gasteiger partial charge in [0.25, 0.3) is 0 Å². The van der Waals surface area contributed by atoms with Gasteiger partial charge in [-0.05, 0) is 48.1 Å². The zero-order chi connectivity index (χ0) is 15.7. The highest BCUT2D eigenvalue weighted by Crippen LogP contribution is 2.28. The van der Waals surface area contributed by atoms with Crippen LogP contribution in [0.25, 0.3) is 6.08 Å². The van der Waals surface area contributed by atoms with Crippen LogP contribution < -0.4 is 4.74 Å². The Morgan fingerprint density at radius 3 is 2.52 bits per heavy atom. The normalized spacial score (nSPS) is 11.0. The van der Waals surface area contributed by atoms with E-state index in [4.69, 9.17) is 9.84 Å². The smallest absolute Gasteiger partial charge is 0.328 e. The van der Waals surface area contributed by atoms with Gasteiger partial charge in [-0.2, -0.15) is 0 Å². The van der Waals surface area contributed by atoms with Crippen molar-refractivity contribution in [2.24, 2.45) is 0 Å². The fourth-order valence-electron chi connectivity index (χ4n) is 2.61. The van der Waals surface area contributed by atoms with Crippen molar-refractivity contribution < 1.29 is 14.6 Å². The monoisotopic (exact) mass is 290 g/mol. The fourth-order valence-corrected chi connectivity index (χ4v) is 2.61. The lowest BCUT2D eigenvalue weighted by atomic mass is 9.93. The Balaban J connectivity index is 3.07. The van der Waals surface area contributed by atoms with Crippen LogP contribution in [-0.4, -0.2) is 18.2 Å².